The summed E-state index contributed by atoms with van der Waals surface area (Å²) < 4.78 is 5.65. The molecule has 19 heavy (non-hydrogen) atoms. The van der Waals surface area contributed by atoms with Crippen LogP contribution in [0.2, 0.25) is 0 Å². The van der Waals surface area contributed by atoms with Gasteiger partial charge in [-0.2, -0.15) is 0 Å². The Kier molecular flexibility index (Phi) is 5.23. The maximum absolute atomic E-state index is 9.96. The van der Waals surface area contributed by atoms with E-state index in [-0.39, 0.29) is 0 Å². The summed E-state index contributed by atoms with van der Waals surface area (Å²) in [5, 5.41) is 13.4. The number of aliphatic hydroxyl groups excluding tert-OH is 1. The summed E-state index contributed by atoms with van der Waals surface area (Å²) in [6.45, 7) is 5.25. The molecule has 1 saturated carbocycles. The first kappa shape index (κ1) is 14.4. The summed E-state index contributed by atoms with van der Waals surface area (Å²) in [5.74, 6) is 1.58. The van der Waals surface area contributed by atoms with Gasteiger partial charge >= 0.3 is 0 Å². The van der Waals surface area contributed by atoms with Crippen molar-refractivity contribution in [2.75, 3.05) is 13.2 Å². The van der Waals surface area contributed by atoms with Crippen LogP contribution in [0.3, 0.4) is 0 Å². The van der Waals surface area contributed by atoms with Gasteiger partial charge in [-0.15, -0.1) is 0 Å². The number of nitrogens with one attached hydrogen (secondary N) is 1. The largest absolute Gasteiger partial charge is 0.491 e. The summed E-state index contributed by atoms with van der Waals surface area (Å²) in [5.41, 5.74) is 1.10. The van der Waals surface area contributed by atoms with Crippen molar-refractivity contribution < 1.29 is 9.84 Å². The lowest BCUT2D eigenvalue weighted by Gasteiger charge is -2.20. The molecule has 1 aromatic rings. The molecule has 0 aromatic heterocycles. The number of rotatable bonds is 6. The third kappa shape index (κ3) is 4.22. The average Bonchev–Trinajstić information content (AvgIpc) is 2.81. The molecule has 1 aliphatic rings. The van der Waals surface area contributed by atoms with Gasteiger partial charge in [-0.3, -0.25) is 0 Å². The molecule has 1 fully saturated rings. The van der Waals surface area contributed by atoms with Crippen LogP contribution >= 0.6 is 0 Å². The van der Waals surface area contributed by atoms with E-state index in [1.54, 1.807) is 0 Å². The van der Waals surface area contributed by atoms with Crippen LogP contribution in [-0.4, -0.2) is 30.4 Å². The summed E-state index contributed by atoms with van der Waals surface area (Å²) in [6, 6.07) is 8.46. The van der Waals surface area contributed by atoms with Crippen molar-refractivity contribution in [1.29, 1.82) is 0 Å². The molecule has 3 nitrogen and oxygen atoms in total. The fourth-order valence-electron chi connectivity index (χ4n) is 2.70. The standard InChI is InChI=1S/C16H25NO2/c1-12-7-5-8-15(12)17-10-14(18)11-19-16-9-4-3-6-13(16)2/h3-4,6,9,12,14-15,17-18H,5,7-8,10-11H2,1-2H3. The molecule has 0 bridgehead atoms. The van der Waals surface area contributed by atoms with Crippen molar-refractivity contribution in [2.24, 2.45) is 5.92 Å². The molecule has 0 radical (unpaired) electrons. The first-order valence-corrected chi connectivity index (χ1v) is 7.26. The van der Waals surface area contributed by atoms with Crippen LogP contribution < -0.4 is 10.1 Å². The highest BCUT2D eigenvalue weighted by atomic mass is 16.5. The average molecular weight is 263 g/mol. The molecule has 0 aliphatic heterocycles. The molecule has 3 atom stereocenters. The highest BCUT2D eigenvalue weighted by Crippen LogP contribution is 2.24. The minimum Gasteiger partial charge on any atom is -0.491 e. The van der Waals surface area contributed by atoms with Crippen molar-refractivity contribution in [3.63, 3.8) is 0 Å². The maximum atomic E-state index is 9.96. The van der Waals surface area contributed by atoms with E-state index in [1.165, 1.54) is 19.3 Å². The third-order valence-electron chi connectivity index (χ3n) is 4.00. The Balaban J connectivity index is 1.70. The van der Waals surface area contributed by atoms with Gasteiger partial charge in [0.25, 0.3) is 0 Å². The van der Waals surface area contributed by atoms with Crippen LogP contribution in [0.4, 0.5) is 0 Å². The monoisotopic (exact) mass is 263 g/mol. The molecule has 0 heterocycles. The molecule has 1 aliphatic carbocycles. The summed E-state index contributed by atoms with van der Waals surface area (Å²) in [6.07, 6.45) is 3.38. The van der Waals surface area contributed by atoms with Gasteiger partial charge in [0.05, 0.1) is 0 Å². The van der Waals surface area contributed by atoms with E-state index in [1.807, 2.05) is 31.2 Å². The van der Waals surface area contributed by atoms with Crippen molar-refractivity contribution in [3.05, 3.63) is 29.8 Å². The predicted octanol–water partition coefficient (Wildman–Crippen LogP) is 2.51. The number of hydrogen-bond acceptors (Lipinski definition) is 3. The number of aryl methyl sites for hydroxylation is 1. The van der Waals surface area contributed by atoms with Gasteiger partial charge in [-0.25, -0.2) is 0 Å². The smallest absolute Gasteiger partial charge is 0.122 e. The van der Waals surface area contributed by atoms with Crippen LogP contribution in [0, 0.1) is 12.8 Å². The molecule has 1 aromatic carbocycles. The Bertz CT molecular complexity index is 394. The van der Waals surface area contributed by atoms with E-state index in [0.29, 0.717) is 19.2 Å². The molecule has 2 N–H and O–H groups in total. The van der Waals surface area contributed by atoms with E-state index in [0.717, 1.165) is 17.2 Å². The molecule has 2 rings (SSSR count). The maximum Gasteiger partial charge on any atom is 0.122 e. The Morgan fingerprint density at radius 1 is 1.37 bits per heavy atom. The number of aliphatic hydroxyl groups is 1. The summed E-state index contributed by atoms with van der Waals surface area (Å²) >= 11 is 0. The Morgan fingerprint density at radius 3 is 2.84 bits per heavy atom. The minimum absolute atomic E-state index is 0.346. The molecular weight excluding hydrogens is 238 g/mol. The fourth-order valence-corrected chi connectivity index (χ4v) is 2.70. The minimum atomic E-state index is -0.451. The SMILES string of the molecule is Cc1ccccc1OCC(O)CNC1CCCC1C. The molecular formula is C16H25NO2. The first-order valence-electron chi connectivity index (χ1n) is 7.26. The topological polar surface area (TPSA) is 41.5 Å². The fraction of sp³-hybridized carbons (Fsp3) is 0.625. The Labute approximate surface area is 116 Å². The Hall–Kier alpha value is -1.06. The number of benzene rings is 1. The van der Waals surface area contributed by atoms with Gasteiger partial charge in [0.15, 0.2) is 0 Å². The Morgan fingerprint density at radius 2 is 2.16 bits per heavy atom. The van der Waals surface area contributed by atoms with Crippen LogP contribution in [0.25, 0.3) is 0 Å². The van der Waals surface area contributed by atoms with Gasteiger partial charge in [0, 0.05) is 12.6 Å². The highest BCUT2D eigenvalue weighted by molar-refractivity contribution is 5.31. The van der Waals surface area contributed by atoms with E-state index in [9.17, 15) is 5.11 Å². The molecule has 3 unspecified atom stereocenters. The third-order valence-corrected chi connectivity index (χ3v) is 4.00. The van der Waals surface area contributed by atoms with Gasteiger partial charge in [-0.05, 0) is 37.3 Å². The van der Waals surface area contributed by atoms with E-state index < -0.39 is 6.10 Å². The molecule has 0 spiro atoms. The van der Waals surface area contributed by atoms with Gasteiger partial charge in [0.1, 0.15) is 18.5 Å². The molecule has 0 amide bonds. The summed E-state index contributed by atoms with van der Waals surface area (Å²) in [4.78, 5) is 0. The number of para-hydroxylation sites is 1. The van der Waals surface area contributed by atoms with Crippen LogP contribution in [0.1, 0.15) is 31.7 Å². The zero-order chi connectivity index (χ0) is 13.7. The zero-order valence-corrected chi connectivity index (χ0v) is 11.9. The van der Waals surface area contributed by atoms with Gasteiger partial charge in [-0.1, -0.05) is 31.5 Å². The second-order valence-corrected chi connectivity index (χ2v) is 5.65. The molecule has 106 valence electrons. The van der Waals surface area contributed by atoms with Gasteiger partial charge < -0.3 is 15.2 Å². The van der Waals surface area contributed by atoms with E-state index in [2.05, 4.69) is 12.2 Å². The second kappa shape index (κ2) is 6.92. The lowest BCUT2D eigenvalue weighted by Crippen LogP contribution is -2.39. The lowest BCUT2D eigenvalue weighted by molar-refractivity contribution is 0.102. The zero-order valence-electron chi connectivity index (χ0n) is 11.9. The van der Waals surface area contributed by atoms with Crippen LogP contribution in [0.5, 0.6) is 5.75 Å². The quantitative estimate of drug-likeness (QED) is 0.828. The molecule has 3 heteroatoms. The second-order valence-electron chi connectivity index (χ2n) is 5.65. The van der Waals surface area contributed by atoms with E-state index in [4.69, 9.17) is 4.74 Å². The van der Waals surface area contributed by atoms with Crippen molar-refractivity contribution in [2.45, 2.75) is 45.3 Å². The first-order chi connectivity index (χ1) is 9.16. The number of hydrogen-bond donors (Lipinski definition) is 2. The van der Waals surface area contributed by atoms with Crippen LogP contribution in [0.15, 0.2) is 24.3 Å². The number of ether oxygens (including phenoxy) is 1. The van der Waals surface area contributed by atoms with Crippen molar-refractivity contribution >= 4 is 0 Å². The van der Waals surface area contributed by atoms with Crippen LogP contribution in [-0.2, 0) is 0 Å². The van der Waals surface area contributed by atoms with E-state index >= 15 is 0 Å². The van der Waals surface area contributed by atoms with Crippen molar-refractivity contribution in [3.8, 4) is 5.75 Å². The lowest BCUT2D eigenvalue weighted by atomic mass is 10.1. The highest BCUT2D eigenvalue weighted by Gasteiger charge is 2.23. The normalized spacial score (nSPS) is 24.4. The van der Waals surface area contributed by atoms with Gasteiger partial charge in [0.2, 0.25) is 0 Å². The predicted molar refractivity (Wildman–Crippen MR) is 77.5 cm³/mol. The van der Waals surface area contributed by atoms with Crippen molar-refractivity contribution in [1.82, 2.24) is 5.32 Å². The summed E-state index contributed by atoms with van der Waals surface area (Å²) in [7, 11) is 0. The molecule has 0 saturated heterocycles.